The highest BCUT2D eigenvalue weighted by atomic mass is 16.5. The fourth-order valence-electron chi connectivity index (χ4n) is 1.99. The quantitative estimate of drug-likeness (QED) is 0.810. The van der Waals surface area contributed by atoms with Crippen LogP contribution < -0.4 is 0 Å². The van der Waals surface area contributed by atoms with Gasteiger partial charge in [0.2, 0.25) is 11.7 Å². The van der Waals surface area contributed by atoms with Crippen molar-refractivity contribution in [1.29, 1.82) is 0 Å². The molecule has 5 heteroatoms. The van der Waals surface area contributed by atoms with Crippen LogP contribution in [0.3, 0.4) is 0 Å². The minimum absolute atomic E-state index is 0.0777. The van der Waals surface area contributed by atoms with Gasteiger partial charge in [-0.05, 0) is 12.5 Å². The van der Waals surface area contributed by atoms with E-state index in [1.54, 1.807) is 14.0 Å². The van der Waals surface area contributed by atoms with Crippen LogP contribution in [0.1, 0.15) is 49.6 Å². The zero-order valence-electron chi connectivity index (χ0n) is 11.9. The number of benzene rings is 1. The Bertz CT molecular complexity index is 566. The van der Waals surface area contributed by atoms with Gasteiger partial charge in [0, 0.05) is 13.5 Å². The second-order valence-electron chi connectivity index (χ2n) is 4.56. The summed E-state index contributed by atoms with van der Waals surface area (Å²) in [5, 5.41) is 3.94. The summed E-state index contributed by atoms with van der Waals surface area (Å²) >= 11 is 0. The second-order valence-corrected chi connectivity index (χ2v) is 4.56. The molecule has 1 heterocycles. The number of carbonyl (C=O) groups is 1. The van der Waals surface area contributed by atoms with E-state index in [4.69, 9.17) is 9.26 Å². The Morgan fingerprint density at radius 1 is 1.35 bits per heavy atom. The van der Waals surface area contributed by atoms with Gasteiger partial charge in [-0.1, -0.05) is 42.4 Å². The molecule has 1 aromatic heterocycles. The highest BCUT2D eigenvalue weighted by molar-refractivity contribution is 5.83. The molecule has 0 amide bonds. The first-order chi connectivity index (χ1) is 9.67. The molecular formula is C15H18N2O3. The molecule has 0 aliphatic rings. The van der Waals surface area contributed by atoms with Crippen LogP contribution in [0.2, 0.25) is 0 Å². The summed E-state index contributed by atoms with van der Waals surface area (Å²) < 4.78 is 10.6. The first-order valence-electron chi connectivity index (χ1n) is 6.61. The van der Waals surface area contributed by atoms with Gasteiger partial charge in [-0.15, -0.1) is 0 Å². The molecule has 2 unspecified atom stereocenters. The van der Waals surface area contributed by atoms with Crippen molar-refractivity contribution >= 4 is 5.78 Å². The first kappa shape index (κ1) is 14.4. The van der Waals surface area contributed by atoms with Crippen LogP contribution in [0.15, 0.2) is 34.9 Å². The zero-order valence-corrected chi connectivity index (χ0v) is 11.9. The average molecular weight is 274 g/mol. The summed E-state index contributed by atoms with van der Waals surface area (Å²) in [6, 6.07) is 9.65. The predicted octanol–water partition coefficient (Wildman–Crippen LogP) is 2.89. The molecule has 2 atom stereocenters. The zero-order chi connectivity index (χ0) is 14.5. The van der Waals surface area contributed by atoms with Gasteiger partial charge in [-0.2, -0.15) is 4.98 Å². The Kier molecular flexibility index (Phi) is 4.63. The number of ether oxygens (including phenoxy) is 1. The first-order valence-corrected chi connectivity index (χ1v) is 6.61. The summed E-state index contributed by atoms with van der Waals surface area (Å²) in [5.41, 5.74) is 0.942. The fourth-order valence-corrected chi connectivity index (χ4v) is 1.99. The van der Waals surface area contributed by atoms with E-state index >= 15 is 0 Å². The maximum atomic E-state index is 11.7. The Morgan fingerprint density at radius 2 is 2.05 bits per heavy atom. The van der Waals surface area contributed by atoms with Crippen molar-refractivity contribution in [1.82, 2.24) is 10.1 Å². The van der Waals surface area contributed by atoms with Gasteiger partial charge in [-0.25, -0.2) is 0 Å². The Morgan fingerprint density at radius 3 is 2.65 bits per heavy atom. The minimum Gasteiger partial charge on any atom is -0.369 e. The molecule has 106 valence electrons. The van der Waals surface area contributed by atoms with Crippen LogP contribution in [0.25, 0.3) is 0 Å². The van der Waals surface area contributed by atoms with Crippen LogP contribution in [0.4, 0.5) is 0 Å². The molecule has 2 rings (SSSR count). The van der Waals surface area contributed by atoms with Crippen molar-refractivity contribution < 1.29 is 14.1 Å². The van der Waals surface area contributed by atoms with E-state index in [-0.39, 0.29) is 11.7 Å². The SMILES string of the molecule is CCC(=O)C(C)c1nc(C(OC)c2ccccc2)no1. The molecule has 0 aliphatic carbocycles. The molecule has 20 heavy (non-hydrogen) atoms. The lowest BCUT2D eigenvalue weighted by atomic mass is 10.0. The van der Waals surface area contributed by atoms with Crippen molar-refractivity contribution in [2.45, 2.75) is 32.3 Å². The van der Waals surface area contributed by atoms with E-state index in [9.17, 15) is 4.79 Å². The van der Waals surface area contributed by atoms with Crippen LogP contribution >= 0.6 is 0 Å². The molecule has 0 aliphatic heterocycles. The maximum absolute atomic E-state index is 11.7. The largest absolute Gasteiger partial charge is 0.369 e. The van der Waals surface area contributed by atoms with Crippen LogP contribution in [0.5, 0.6) is 0 Å². The molecule has 0 saturated carbocycles. The fraction of sp³-hybridized carbons (Fsp3) is 0.400. The maximum Gasteiger partial charge on any atom is 0.237 e. The number of Topliss-reactive ketones (excluding diaryl/α,β-unsaturated/α-hetero) is 1. The second kappa shape index (κ2) is 6.43. The highest BCUT2D eigenvalue weighted by Gasteiger charge is 2.24. The van der Waals surface area contributed by atoms with Crippen molar-refractivity contribution in [3.8, 4) is 0 Å². The van der Waals surface area contributed by atoms with Gasteiger partial charge in [-0.3, -0.25) is 4.79 Å². The molecule has 1 aromatic carbocycles. The molecule has 5 nitrogen and oxygen atoms in total. The van der Waals surface area contributed by atoms with Gasteiger partial charge in [0.25, 0.3) is 0 Å². The molecular weight excluding hydrogens is 256 g/mol. The molecule has 0 spiro atoms. The smallest absolute Gasteiger partial charge is 0.237 e. The van der Waals surface area contributed by atoms with E-state index in [0.29, 0.717) is 18.1 Å². The molecule has 0 fully saturated rings. The van der Waals surface area contributed by atoms with Crippen LogP contribution in [0, 0.1) is 0 Å². The lowest BCUT2D eigenvalue weighted by molar-refractivity contribution is -0.120. The molecule has 2 aromatic rings. The molecule has 0 saturated heterocycles. The van der Waals surface area contributed by atoms with E-state index in [0.717, 1.165) is 5.56 Å². The monoisotopic (exact) mass is 274 g/mol. The summed E-state index contributed by atoms with van der Waals surface area (Å²) in [5.74, 6) is 0.470. The van der Waals surface area contributed by atoms with E-state index in [1.807, 2.05) is 37.3 Å². The standard InChI is InChI=1S/C15H18N2O3/c1-4-12(18)10(2)15-16-14(17-20-15)13(19-3)11-8-6-5-7-9-11/h5-10,13H,4H2,1-3H3. The summed E-state index contributed by atoms with van der Waals surface area (Å²) in [6.07, 6.45) is 0.0586. The lowest BCUT2D eigenvalue weighted by Gasteiger charge is -2.10. The van der Waals surface area contributed by atoms with Crippen molar-refractivity contribution in [2.75, 3.05) is 7.11 Å². The van der Waals surface area contributed by atoms with Crippen molar-refractivity contribution in [2.24, 2.45) is 0 Å². The van der Waals surface area contributed by atoms with Gasteiger partial charge in [0.1, 0.15) is 11.9 Å². The molecule has 0 bridgehead atoms. The minimum atomic E-state index is -0.391. The Balaban J connectivity index is 2.25. The third kappa shape index (κ3) is 2.93. The third-order valence-electron chi connectivity index (χ3n) is 3.23. The number of rotatable bonds is 6. The Hall–Kier alpha value is -2.01. The predicted molar refractivity (Wildman–Crippen MR) is 73.3 cm³/mol. The number of carbonyl (C=O) groups excluding carboxylic acids is 1. The Labute approximate surface area is 118 Å². The number of nitrogens with zero attached hydrogens (tertiary/aromatic N) is 2. The summed E-state index contributed by atoms with van der Waals surface area (Å²) in [4.78, 5) is 16.0. The average Bonchev–Trinajstić information content (AvgIpc) is 2.97. The van der Waals surface area contributed by atoms with Crippen LogP contribution in [-0.4, -0.2) is 23.0 Å². The van der Waals surface area contributed by atoms with Gasteiger partial charge < -0.3 is 9.26 Å². The van der Waals surface area contributed by atoms with Crippen molar-refractivity contribution in [3.63, 3.8) is 0 Å². The number of aromatic nitrogens is 2. The third-order valence-corrected chi connectivity index (χ3v) is 3.23. The summed E-state index contributed by atoms with van der Waals surface area (Å²) in [7, 11) is 1.59. The van der Waals surface area contributed by atoms with Gasteiger partial charge >= 0.3 is 0 Å². The summed E-state index contributed by atoms with van der Waals surface area (Å²) in [6.45, 7) is 3.59. The molecule has 0 N–H and O–H groups in total. The normalized spacial score (nSPS) is 13.9. The number of ketones is 1. The number of hydrogen-bond acceptors (Lipinski definition) is 5. The van der Waals surface area contributed by atoms with Crippen molar-refractivity contribution in [3.05, 3.63) is 47.6 Å². The van der Waals surface area contributed by atoms with E-state index in [2.05, 4.69) is 10.1 Å². The number of methoxy groups -OCH3 is 1. The highest BCUT2D eigenvalue weighted by Crippen LogP contribution is 2.24. The topological polar surface area (TPSA) is 65.2 Å². The van der Waals surface area contributed by atoms with Crippen LogP contribution in [-0.2, 0) is 9.53 Å². The van der Waals surface area contributed by atoms with E-state index < -0.39 is 6.10 Å². The van der Waals surface area contributed by atoms with E-state index in [1.165, 1.54) is 0 Å². The molecule has 0 radical (unpaired) electrons. The lowest BCUT2D eigenvalue weighted by Crippen LogP contribution is -2.09. The van der Waals surface area contributed by atoms with Gasteiger partial charge in [0.05, 0.1) is 5.92 Å². The van der Waals surface area contributed by atoms with Gasteiger partial charge in [0.15, 0.2) is 0 Å². The number of hydrogen-bond donors (Lipinski definition) is 0.